The lowest BCUT2D eigenvalue weighted by molar-refractivity contribution is -0.115. The Bertz CT molecular complexity index is 228. The summed E-state index contributed by atoms with van der Waals surface area (Å²) in [5.41, 5.74) is 0. The van der Waals surface area contributed by atoms with Crippen molar-refractivity contribution in [2.24, 2.45) is 23.7 Å². The Morgan fingerprint density at radius 1 is 1.33 bits per heavy atom. The van der Waals surface area contributed by atoms with Gasteiger partial charge in [-0.3, -0.25) is 0 Å². The Morgan fingerprint density at radius 2 is 2.17 bits per heavy atom. The van der Waals surface area contributed by atoms with E-state index >= 15 is 0 Å². The van der Waals surface area contributed by atoms with Crippen molar-refractivity contribution in [2.45, 2.75) is 18.6 Å². The summed E-state index contributed by atoms with van der Waals surface area (Å²) >= 11 is 0. The van der Waals surface area contributed by atoms with Crippen LogP contribution in [0.15, 0.2) is 0 Å². The maximum atomic E-state index is 10.8. The maximum Gasteiger partial charge on any atom is 0.123 e. The van der Waals surface area contributed by atoms with E-state index in [0.717, 1.165) is 12.7 Å². The van der Waals surface area contributed by atoms with Crippen molar-refractivity contribution in [2.75, 3.05) is 6.61 Å². The van der Waals surface area contributed by atoms with Gasteiger partial charge in [-0.2, -0.15) is 0 Å². The van der Waals surface area contributed by atoms with E-state index in [-0.39, 0.29) is 24.0 Å². The van der Waals surface area contributed by atoms with Crippen LogP contribution in [0.1, 0.15) is 6.42 Å². The second-order valence-electron chi connectivity index (χ2n) is 4.23. The van der Waals surface area contributed by atoms with E-state index in [0.29, 0.717) is 18.4 Å². The minimum Gasteiger partial charge on any atom is -0.390 e. The molecule has 3 aliphatic rings. The lowest BCUT2D eigenvalue weighted by Crippen LogP contribution is -2.37. The summed E-state index contributed by atoms with van der Waals surface area (Å²) in [6, 6.07) is 0. The number of carbonyl (C=O) groups excluding carboxylic acids is 1. The molecular weight excluding hydrogens is 156 g/mol. The van der Waals surface area contributed by atoms with Gasteiger partial charge in [0.1, 0.15) is 6.29 Å². The molecule has 66 valence electrons. The van der Waals surface area contributed by atoms with Gasteiger partial charge in [-0.15, -0.1) is 0 Å². The Balaban J connectivity index is 2.00. The molecule has 0 unspecified atom stereocenters. The summed E-state index contributed by atoms with van der Waals surface area (Å²) in [5.74, 6) is 1.16. The number of fused-ring (bicyclic) bond motifs is 1. The zero-order chi connectivity index (χ0) is 8.29. The summed E-state index contributed by atoms with van der Waals surface area (Å²) in [5, 5.41) is 9.72. The molecule has 2 bridgehead atoms. The number of aliphatic hydroxyl groups is 1. The van der Waals surface area contributed by atoms with Gasteiger partial charge >= 0.3 is 0 Å². The van der Waals surface area contributed by atoms with Crippen molar-refractivity contribution in [1.82, 2.24) is 0 Å². The molecular formula is C9H12O3. The van der Waals surface area contributed by atoms with Crippen LogP contribution in [0.4, 0.5) is 0 Å². The molecule has 0 amide bonds. The molecule has 1 saturated heterocycles. The molecule has 2 aliphatic carbocycles. The monoisotopic (exact) mass is 168 g/mol. The minimum atomic E-state index is -0.371. The van der Waals surface area contributed by atoms with E-state index in [9.17, 15) is 9.90 Å². The Hall–Kier alpha value is -0.410. The highest BCUT2D eigenvalue weighted by Crippen LogP contribution is 2.56. The van der Waals surface area contributed by atoms with Crippen molar-refractivity contribution < 1.29 is 14.6 Å². The molecule has 3 fully saturated rings. The number of ether oxygens (including phenoxy) is 1. The number of rotatable bonds is 1. The van der Waals surface area contributed by atoms with Gasteiger partial charge in [0, 0.05) is 5.92 Å². The first kappa shape index (κ1) is 7.04. The van der Waals surface area contributed by atoms with Crippen molar-refractivity contribution in [3.63, 3.8) is 0 Å². The average Bonchev–Trinajstić information content (AvgIpc) is 2.62. The van der Waals surface area contributed by atoms with Crippen LogP contribution in [-0.4, -0.2) is 30.2 Å². The summed E-state index contributed by atoms with van der Waals surface area (Å²) in [4.78, 5) is 10.8. The number of hydrogen-bond acceptors (Lipinski definition) is 3. The van der Waals surface area contributed by atoms with Crippen molar-refractivity contribution in [3.8, 4) is 0 Å². The summed E-state index contributed by atoms with van der Waals surface area (Å²) in [7, 11) is 0. The second-order valence-corrected chi connectivity index (χ2v) is 4.23. The highest BCUT2D eigenvalue weighted by Gasteiger charge is 2.61. The summed E-state index contributed by atoms with van der Waals surface area (Å²) < 4.78 is 5.47. The fraction of sp³-hybridized carbons (Fsp3) is 0.889. The van der Waals surface area contributed by atoms with Crippen LogP contribution in [0.2, 0.25) is 0 Å². The standard InChI is InChI=1S/C9H12O3/c10-2-6-4-1-5-7(6)3-12-9(5)8(4)11/h2,4-9,11H,1,3H2/t4-,5+,6-,7+,8-,9-/m1/s1. The summed E-state index contributed by atoms with van der Waals surface area (Å²) in [6.07, 6.45) is 1.70. The smallest absolute Gasteiger partial charge is 0.123 e. The molecule has 1 aliphatic heterocycles. The number of aldehydes is 1. The lowest BCUT2D eigenvalue weighted by atomic mass is 9.80. The fourth-order valence-corrected chi connectivity index (χ4v) is 3.37. The molecule has 1 heterocycles. The Kier molecular flexibility index (Phi) is 1.23. The highest BCUT2D eigenvalue weighted by atomic mass is 16.5. The van der Waals surface area contributed by atoms with Gasteiger partial charge in [-0.05, 0) is 24.2 Å². The van der Waals surface area contributed by atoms with E-state index < -0.39 is 0 Å². The van der Waals surface area contributed by atoms with Crippen LogP contribution in [0.3, 0.4) is 0 Å². The molecule has 0 aromatic heterocycles. The van der Waals surface area contributed by atoms with Crippen LogP contribution in [0.5, 0.6) is 0 Å². The number of aliphatic hydroxyl groups excluding tert-OH is 1. The average molecular weight is 168 g/mol. The molecule has 0 aromatic rings. The van der Waals surface area contributed by atoms with Crippen LogP contribution >= 0.6 is 0 Å². The van der Waals surface area contributed by atoms with Crippen LogP contribution < -0.4 is 0 Å². The first-order valence-corrected chi connectivity index (χ1v) is 4.58. The van der Waals surface area contributed by atoms with E-state index in [1.165, 1.54) is 0 Å². The van der Waals surface area contributed by atoms with E-state index in [1.807, 2.05) is 0 Å². The Morgan fingerprint density at radius 3 is 2.92 bits per heavy atom. The molecule has 6 atom stereocenters. The third-order valence-electron chi connectivity index (χ3n) is 3.92. The van der Waals surface area contributed by atoms with E-state index in [2.05, 4.69) is 0 Å². The first-order valence-electron chi connectivity index (χ1n) is 4.58. The minimum absolute atomic E-state index is 0.0520. The molecule has 2 saturated carbocycles. The quantitative estimate of drug-likeness (QED) is 0.553. The van der Waals surface area contributed by atoms with Gasteiger partial charge in [-0.1, -0.05) is 0 Å². The fourth-order valence-electron chi connectivity index (χ4n) is 3.37. The van der Waals surface area contributed by atoms with Crippen molar-refractivity contribution in [1.29, 1.82) is 0 Å². The van der Waals surface area contributed by atoms with Gasteiger partial charge in [-0.25, -0.2) is 0 Å². The third-order valence-corrected chi connectivity index (χ3v) is 3.92. The number of carbonyl (C=O) groups is 1. The Labute approximate surface area is 70.7 Å². The van der Waals surface area contributed by atoms with Gasteiger partial charge in [0.25, 0.3) is 0 Å². The van der Waals surface area contributed by atoms with Crippen molar-refractivity contribution >= 4 is 6.29 Å². The second kappa shape index (κ2) is 2.09. The van der Waals surface area contributed by atoms with E-state index in [1.54, 1.807) is 0 Å². The van der Waals surface area contributed by atoms with Crippen molar-refractivity contribution in [3.05, 3.63) is 0 Å². The van der Waals surface area contributed by atoms with Gasteiger partial charge in [0.15, 0.2) is 0 Å². The molecule has 12 heavy (non-hydrogen) atoms. The lowest BCUT2D eigenvalue weighted by Gasteiger charge is -2.26. The van der Waals surface area contributed by atoms with E-state index in [4.69, 9.17) is 4.74 Å². The third kappa shape index (κ3) is 0.591. The topological polar surface area (TPSA) is 46.5 Å². The molecule has 0 radical (unpaired) electrons. The SMILES string of the molecule is O=C[C@H]1[C@H]2CO[C@H]3[C@H](O)[C@@H]1C[C@@H]23. The zero-order valence-electron chi connectivity index (χ0n) is 6.72. The molecule has 3 rings (SSSR count). The largest absolute Gasteiger partial charge is 0.390 e. The summed E-state index contributed by atoms with van der Waals surface area (Å²) in [6.45, 7) is 0.687. The normalized spacial score (nSPS) is 61.1. The molecule has 3 nitrogen and oxygen atoms in total. The predicted octanol–water partition coefficient (Wildman–Crippen LogP) is -0.173. The first-order chi connectivity index (χ1) is 5.83. The maximum absolute atomic E-state index is 10.8. The van der Waals surface area contributed by atoms with Gasteiger partial charge < -0.3 is 14.6 Å². The van der Waals surface area contributed by atoms with Crippen LogP contribution in [0.25, 0.3) is 0 Å². The predicted molar refractivity (Wildman–Crippen MR) is 40.4 cm³/mol. The van der Waals surface area contributed by atoms with Gasteiger partial charge in [0.05, 0.1) is 18.8 Å². The molecule has 1 N–H and O–H groups in total. The zero-order valence-corrected chi connectivity index (χ0v) is 6.72. The molecule has 3 heteroatoms. The van der Waals surface area contributed by atoms with Crippen LogP contribution in [0, 0.1) is 23.7 Å². The molecule has 0 spiro atoms. The van der Waals surface area contributed by atoms with Crippen LogP contribution in [-0.2, 0) is 9.53 Å². The number of hydrogen-bond donors (Lipinski definition) is 1. The molecule has 0 aromatic carbocycles. The highest BCUT2D eigenvalue weighted by molar-refractivity contribution is 5.57. The van der Waals surface area contributed by atoms with Gasteiger partial charge in [0.2, 0.25) is 0 Å².